The van der Waals surface area contributed by atoms with Crippen LogP contribution in [0.2, 0.25) is 0 Å². The summed E-state index contributed by atoms with van der Waals surface area (Å²) in [6, 6.07) is 13.3. The molecule has 0 radical (unpaired) electrons. The summed E-state index contributed by atoms with van der Waals surface area (Å²) in [5, 5.41) is 30.3. The van der Waals surface area contributed by atoms with Crippen LogP contribution in [0.1, 0.15) is 25.3 Å². The average molecular weight is 362 g/mol. The van der Waals surface area contributed by atoms with Gasteiger partial charge in [0.05, 0.1) is 0 Å². The Hall–Kier alpha value is -3.47. The Bertz CT molecular complexity index is 1190. The molecule has 4 rings (SSSR count). The molecule has 2 aromatic rings. The van der Waals surface area contributed by atoms with Crippen LogP contribution >= 0.6 is 0 Å². The monoisotopic (exact) mass is 362 g/mol. The van der Waals surface area contributed by atoms with Crippen molar-refractivity contribution in [2.45, 2.75) is 19.8 Å². The highest BCUT2D eigenvalue weighted by molar-refractivity contribution is 6.03. The van der Waals surface area contributed by atoms with E-state index in [0.717, 1.165) is 5.56 Å². The zero-order valence-corrected chi connectivity index (χ0v) is 14.9. The Kier molecular flexibility index (Phi) is 3.81. The molecule has 0 spiro atoms. The second-order valence-corrected chi connectivity index (χ2v) is 6.91. The fourth-order valence-corrected chi connectivity index (χ4v) is 3.28. The minimum absolute atomic E-state index is 0.276. The number of fused-ring (bicyclic) bond motifs is 2. The third kappa shape index (κ3) is 2.77. The van der Waals surface area contributed by atoms with Crippen LogP contribution in [-0.2, 0) is 0 Å². The molecule has 0 atom stereocenters. The summed E-state index contributed by atoms with van der Waals surface area (Å²) < 4.78 is 5.76. The molecule has 5 heteroatoms. The number of benzene rings is 3. The maximum atomic E-state index is 11.9. The van der Waals surface area contributed by atoms with Crippen LogP contribution in [-0.4, -0.2) is 15.3 Å². The molecule has 3 N–H and O–H groups in total. The van der Waals surface area contributed by atoms with Gasteiger partial charge < -0.3 is 19.7 Å². The van der Waals surface area contributed by atoms with Crippen molar-refractivity contribution < 1.29 is 19.7 Å². The van der Waals surface area contributed by atoms with Gasteiger partial charge in [-0.1, -0.05) is 38.1 Å². The van der Waals surface area contributed by atoms with Crippen LogP contribution in [0, 0.1) is 0 Å². The SMILES string of the molecule is CC(C)c1ccc(-c2c3cc(O)c(=O)cc-3oc3cc(O)c(O)cc23)cc1. The molecule has 0 unspecified atom stereocenters. The molecule has 1 aliphatic heterocycles. The summed E-state index contributed by atoms with van der Waals surface area (Å²) in [5.41, 5.74) is 3.04. The Morgan fingerprint density at radius 3 is 2.19 bits per heavy atom. The lowest BCUT2D eigenvalue weighted by Crippen LogP contribution is -2.01. The van der Waals surface area contributed by atoms with Crippen molar-refractivity contribution >= 4 is 11.0 Å². The fourth-order valence-electron chi connectivity index (χ4n) is 3.28. The quantitative estimate of drug-likeness (QED) is 0.352. The molecular weight excluding hydrogens is 344 g/mol. The predicted molar refractivity (Wildman–Crippen MR) is 104 cm³/mol. The van der Waals surface area contributed by atoms with E-state index in [1.165, 1.54) is 29.8 Å². The zero-order valence-electron chi connectivity index (χ0n) is 14.9. The summed E-state index contributed by atoms with van der Waals surface area (Å²) in [4.78, 5) is 11.9. The van der Waals surface area contributed by atoms with Gasteiger partial charge in [-0.3, -0.25) is 4.79 Å². The number of phenols is 3. The minimum Gasteiger partial charge on any atom is -0.504 e. The normalized spacial score (nSPS) is 11.5. The van der Waals surface area contributed by atoms with Gasteiger partial charge in [-0.25, -0.2) is 0 Å². The van der Waals surface area contributed by atoms with E-state index in [9.17, 15) is 20.1 Å². The van der Waals surface area contributed by atoms with Crippen LogP contribution < -0.4 is 5.43 Å². The number of rotatable bonds is 2. The second kappa shape index (κ2) is 6.06. The Morgan fingerprint density at radius 2 is 1.52 bits per heavy atom. The highest BCUT2D eigenvalue weighted by Crippen LogP contribution is 2.43. The summed E-state index contributed by atoms with van der Waals surface area (Å²) >= 11 is 0. The predicted octanol–water partition coefficient (Wildman–Crippen LogP) is 4.81. The molecule has 0 amide bonds. The van der Waals surface area contributed by atoms with E-state index in [0.29, 0.717) is 33.8 Å². The van der Waals surface area contributed by atoms with Gasteiger partial charge in [0, 0.05) is 28.6 Å². The van der Waals surface area contributed by atoms with Crippen LogP contribution in [0.4, 0.5) is 0 Å². The summed E-state index contributed by atoms with van der Waals surface area (Å²) in [6.07, 6.45) is 0. The highest BCUT2D eigenvalue weighted by Gasteiger charge is 2.20. The maximum Gasteiger partial charge on any atom is 0.223 e. The number of hydrogen-bond acceptors (Lipinski definition) is 5. The first kappa shape index (κ1) is 17.0. The first-order chi connectivity index (χ1) is 12.8. The largest absolute Gasteiger partial charge is 0.504 e. The highest BCUT2D eigenvalue weighted by atomic mass is 16.3. The second-order valence-electron chi connectivity index (χ2n) is 6.91. The van der Waals surface area contributed by atoms with Gasteiger partial charge in [0.2, 0.25) is 5.43 Å². The van der Waals surface area contributed by atoms with Gasteiger partial charge in [-0.2, -0.15) is 0 Å². The molecule has 0 saturated heterocycles. The fraction of sp³-hybridized carbons (Fsp3) is 0.136. The van der Waals surface area contributed by atoms with E-state index in [-0.39, 0.29) is 17.2 Å². The van der Waals surface area contributed by atoms with Crippen molar-refractivity contribution in [1.82, 2.24) is 0 Å². The molecule has 0 fully saturated rings. The number of phenolic OH excluding ortho intramolecular Hbond substituents is 3. The number of aromatic hydroxyl groups is 3. The molecule has 0 bridgehead atoms. The molecule has 5 nitrogen and oxygen atoms in total. The van der Waals surface area contributed by atoms with E-state index in [1.54, 1.807) is 0 Å². The van der Waals surface area contributed by atoms with Crippen LogP contribution in [0.5, 0.6) is 17.2 Å². The first-order valence-corrected chi connectivity index (χ1v) is 8.61. The Labute approximate surface area is 155 Å². The van der Waals surface area contributed by atoms with Crippen molar-refractivity contribution in [3.05, 3.63) is 64.3 Å². The molecule has 136 valence electrons. The van der Waals surface area contributed by atoms with Gasteiger partial charge in [-0.05, 0) is 29.2 Å². The van der Waals surface area contributed by atoms with Gasteiger partial charge in [0.15, 0.2) is 17.2 Å². The van der Waals surface area contributed by atoms with E-state index in [2.05, 4.69) is 13.8 Å². The lowest BCUT2D eigenvalue weighted by atomic mass is 9.91. The molecule has 2 aromatic carbocycles. The van der Waals surface area contributed by atoms with E-state index in [4.69, 9.17) is 4.42 Å². The van der Waals surface area contributed by atoms with Crippen molar-refractivity contribution in [3.63, 3.8) is 0 Å². The number of hydrogen-bond donors (Lipinski definition) is 3. The molecule has 1 aliphatic carbocycles. The molecule has 2 aliphatic rings. The third-order valence-electron chi connectivity index (χ3n) is 4.76. The minimum atomic E-state index is -0.547. The van der Waals surface area contributed by atoms with E-state index in [1.807, 2.05) is 24.3 Å². The molecule has 1 heterocycles. The summed E-state index contributed by atoms with van der Waals surface area (Å²) in [7, 11) is 0. The van der Waals surface area contributed by atoms with Crippen molar-refractivity contribution in [1.29, 1.82) is 0 Å². The standard InChI is InChI=1S/C22H18O5/c1-11(2)12-3-5-13(6-4-12)22-14-7-16(23)18(25)9-20(14)27-21-10-19(26)17(24)8-15(21)22/h3-11,23-25H,1-2H3. The van der Waals surface area contributed by atoms with Gasteiger partial charge >= 0.3 is 0 Å². The van der Waals surface area contributed by atoms with Crippen LogP contribution in [0.15, 0.2) is 57.7 Å². The Morgan fingerprint density at radius 1 is 0.852 bits per heavy atom. The van der Waals surface area contributed by atoms with Crippen LogP contribution in [0.3, 0.4) is 0 Å². The molecule has 27 heavy (non-hydrogen) atoms. The third-order valence-corrected chi connectivity index (χ3v) is 4.76. The molecule has 0 saturated carbocycles. The summed E-state index contributed by atoms with van der Waals surface area (Å²) in [5.74, 6) is -0.292. The zero-order chi connectivity index (χ0) is 19.3. The smallest absolute Gasteiger partial charge is 0.223 e. The van der Waals surface area contributed by atoms with Gasteiger partial charge in [0.25, 0.3) is 0 Å². The van der Waals surface area contributed by atoms with Gasteiger partial charge in [-0.15, -0.1) is 0 Å². The van der Waals surface area contributed by atoms with E-state index >= 15 is 0 Å². The average Bonchev–Trinajstić information content (AvgIpc) is 2.63. The van der Waals surface area contributed by atoms with Gasteiger partial charge in [0.1, 0.15) is 11.3 Å². The molecular formula is C22H18O5. The first-order valence-electron chi connectivity index (χ1n) is 8.61. The topological polar surface area (TPSA) is 90.9 Å². The van der Waals surface area contributed by atoms with Crippen molar-refractivity contribution in [3.8, 4) is 39.7 Å². The van der Waals surface area contributed by atoms with Crippen molar-refractivity contribution in [2.75, 3.05) is 0 Å². The summed E-state index contributed by atoms with van der Waals surface area (Å²) in [6.45, 7) is 4.21. The Balaban J connectivity index is 2.13. The molecule has 0 aromatic heterocycles. The van der Waals surface area contributed by atoms with Crippen molar-refractivity contribution in [2.24, 2.45) is 0 Å². The maximum absolute atomic E-state index is 11.9. The van der Waals surface area contributed by atoms with Crippen LogP contribution in [0.25, 0.3) is 33.4 Å². The lowest BCUT2D eigenvalue weighted by molar-refractivity contribution is 0.404. The lowest BCUT2D eigenvalue weighted by Gasteiger charge is -2.16. The van der Waals surface area contributed by atoms with E-state index < -0.39 is 5.43 Å².